The Bertz CT molecular complexity index is 739. The van der Waals surface area contributed by atoms with Crippen molar-refractivity contribution in [2.45, 2.75) is 18.9 Å². The summed E-state index contributed by atoms with van der Waals surface area (Å²) < 4.78 is 0. The molecule has 0 aliphatic carbocycles. The average molecular weight is 313 g/mol. The van der Waals surface area contributed by atoms with Crippen molar-refractivity contribution in [2.75, 3.05) is 25.0 Å². The number of aromatic nitrogens is 1. The number of rotatable bonds is 3. The molecule has 0 saturated carbocycles. The van der Waals surface area contributed by atoms with E-state index in [1.165, 1.54) is 4.90 Å². The number of para-hydroxylation sites is 1. The summed E-state index contributed by atoms with van der Waals surface area (Å²) in [4.78, 5) is 30.1. The van der Waals surface area contributed by atoms with Crippen LogP contribution in [0.2, 0.25) is 0 Å². The van der Waals surface area contributed by atoms with Gasteiger partial charge < -0.3 is 14.9 Å². The van der Waals surface area contributed by atoms with E-state index in [-0.39, 0.29) is 6.04 Å². The summed E-state index contributed by atoms with van der Waals surface area (Å²) in [5, 5.41) is 10.1. The van der Waals surface area contributed by atoms with Crippen LogP contribution in [0.4, 0.5) is 10.5 Å². The molecule has 1 aromatic carbocycles. The van der Waals surface area contributed by atoms with Crippen molar-refractivity contribution in [1.29, 1.82) is 0 Å². The number of benzene rings is 1. The van der Waals surface area contributed by atoms with E-state index >= 15 is 0 Å². The van der Waals surface area contributed by atoms with Gasteiger partial charge in [-0.1, -0.05) is 18.2 Å². The highest BCUT2D eigenvalue weighted by Crippen LogP contribution is 2.28. The second-order valence-electron chi connectivity index (χ2n) is 5.81. The number of carboxylic acid groups (broad SMARTS) is 1. The summed E-state index contributed by atoms with van der Waals surface area (Å²) in [5.74, 6) is 0. The van der Waals surface area contributed by atoms with Gasteiger partial charge >= 0.3 is 6.09 Å². The van der Waals surface area contributed by atoms with Gasteiger partial charge in [0.25, 0.3) is 0 Å². The Morgan fingerprint density at radius 2 is 2.04 bits per heavy atom. The van der Waals surface area contributed by atoms with Gasteiger partial charge in [0.1, 0.15) is 5.69 Å². The molecule has 1 aliphatic rings. The molecule has 2 aromatic rings. The first-order valence-electron chi connectivity index (χ1n) is 7.66. The zero-order valence-electron chi connectivity index (χ0n) is 13.0. The van der Waals surface area contributed by atoms with E-state index in [0.717, 1.165) is 48.8 Å². The molecule has 6 heteroatoms. The zero-order chi connectivity index (χ0) is 16.4. The van der Waals surface area contributed by atoms with Gasteiger partial charge in [0.2, 0.25) is 0 Å². The lowest BCUT2D eigenvalue weighted by Gasteiger charge is -2.37. The minimum Gasteiger partial charge on any atom is -0.465 e. The number of hydrogen-bond acceptors (Lipinski definition) is 4. The maximum absolute atomic E-state index is 11.1. The predicted molar refractivity (Wildman–Crippen MR) is 88.2 cm³/mol. The van der Waals surface area contributed by atoms with E-state index in [9.17, 15) is 9.59 Å². The van der Waals surface area contributed by atoms with Gasteiger partial charge in [-0.05, 0) is 25.0 Å². The quantitative estimate of drug-likeness (QED) is 0.882. The number of amides is 1. The molecule has 1 saturated heterocycles. The van der Waals surface area contributed by atoms with E-state index in [2.05, 4.69) is 9.88 Å². The summed E-state index contributed by atoms with van der Waals surface area (Å²) in [5.41, 5.74) is 2.25. The van der Waals surface area contributed by atoms with E-state index in [0.29, 0.717) is 5.69 Å². The zero-order valence-corrected chi connectivity index (χ0v) is 13.0. The van der Waals surface area contributed by atoms with Crippen molar-refractivity contribution in [1.82, 2.24) is 9.88 Å². The monoisotopic (exact) mass is 313 g/mol. The van der Waals surface area contributed by atoms with Crippen LogP contribution in [-0.4, -0.2) is 53.5 Å². The Hall–Kier alpha value is -2.63. The molecule has 3 rings (SSSR count). The fraction of sp³-hybridized carbons (Fsp3) is 0.353. The molecule has 0 atom stereocenters. The standard InChI is InChI=1S/C17H19N3O3/c1-19(17(22)23)14-7-9-20(10-8-14)15-4-2-3-12-5-6-13(11-21)18-16(12)15/h2-6,11,14H,7-10H2,1H3,(H,22,23). The number of fused-ring (bicyclic) bond motifs is 1. The predicted octanol–water partition coefficient (Wildman–Crippen LogP) is 2.63. The fourth-order valence-electron chi connectivity index (χ4n) is 3.12. The smallest absolute Gasteiger partial charge is 0.407 e. The minimum atomic E-state index is -0.883. The normalized spacial score (nSPS) is 15.6. The lowest BCUT2D eigenvalue weighted by atomic mass is 10.0. The molecule has 0 radical (unpaired) electrons. The molecule has 0 unspecified atom stereocenters. The fourth-order valence-corrected chi connectivity index (χ4v) is 3.12. The van der Waals surface area contributed by atoms with Gasteiger partial charge in [0.05, 0.1) is 11.2 Å². The summed E-state index contributed by atoms with van der Waals surface area (Å²) in [6.45, 7) is 1.54. The van der Waals surface area contributed by atoms with Gasteiger partial charge in [-0.2, -0.15) is 0 Å². The first-order chi connectivity index (χ1) is 11.1. The molecule has 120 valence electrons. The molecule has 1 fully saturated rings. The van der Waals surface area contributed by atoms with E-state index in [1.807, 2.05) is 24.3 Å². The van der Waals surface area contributed by atoms with Crippen molar-refractivity contribution in [3.05, 3.63) is 36.0 Å². The third-order valence-electron chi connectivity index (χ3n) is 4.50. The lowest BCUT2D eigenvalue weighted by molar-refractivity contribution is 0.111. The van der Waals surface area contributed by atoms with Crippen LogP contribution in [0.15, 0.2) is 30.3 Å². The summed E-state index contributed by atoms with van der Waals surface area (Å²) in [6, 6.07) is 9.64. The van der Waals surface area contributed by atoms with Crippen LogP contribution in [0, 0.1) is 0 Å². The molecule has 0 spiro atoms. The molecule has 23 heavy (non-hydrogen) atoms. The molecule has 2 heterocycles. The number of anilines is 1. The Morgan fingerprint density at radius 3 is 2.70 bits per heavy atom. The summed E-state index contributed by atoms with van der Waals surface area (Å²) >= 11 is 0. The Kier molecular flexibility index (Phi) is 4.14. The van der Waals surface area contributed by atoms with Crippen LogP contribution in [0.3, 0.4) is 0 Å². The van der Waals surface area contributed by atoms with Crippen LogP contribution in [0.5, 0.6) is 0 Å². The van der Waals surface area contributed by atoms with Gasteiger partial charge in [-0.3, -0.25) is 4.79 Å². The van der Waals surface area contributed by atoms with Crippen LogP contribution >= 0.6 is 0 Å². The average Bonchev–Trinajstić information content (AvgIpc) is 2.60. The molecule has 1 aliphatic heterocycles. The summed E-state index contributed by atoms with van der Waals surface area (Å²) in [7, 11) is 1.62. The Labute approximate surface area is 134 Å². The maximum Gasteiger partial charge on any atom is 0.407 e. The van der Waals surface area contributed by atoms with Crippen molar-refractivity contribution in [3.8, 4) is 0 Å². The van der Waals surface area contributed by atoms with Gasteiger partial charge in [-0.25, -0.2) is 9.78 Å². The minimum absolute atomic E-state index is 0.0530. The van der Waals surface area contributed by atoms with Crippen LogP contribution in [0.25, 0.3) is 10.9 Å². The van der Waals surface area contributed by atoms with E-state index in [1.54, 1.807) is 13.1 Å². The number of carbonyl (C=O) groups excluding carboxylic acids is 1. The molecule has 1 N–H and O–H groups in total. The summed E-state index contributed by atoms with van der Waals surface area (Å²) in [6.07, 6.45) is 1.44. The van der Waals surface area contributed by atoms with Crippen molar-refractivity contribution in [2.24, 2.45) is 0 Å². The highest BCUT2D eigenvalue weighted by atomic mass is 16.4. The number of aldehydes is 1. The van der Waals surface area contributed by atoms with Crippen LogP contribution in [0.1, 0.15) is 23.3 Å². The van der Waals surface area contributed by atoms with Crippen molar-refractivity contribution >= 4 is 29.0 Å². The molecule has 1 amide bonds. The van der Waals surface area contributed by atoms with Crippen LogP contribution < -0.4 is 4.90 Å². The number of piperidine rings is 1. The van der Waals surface area contributed by atoms with Gasteiger partial charge in [0, 0.05) is 31.6 Å². The first-order valence-corrected chi connectivity index (χ1v) is 7.66. The SMILES string of the molecule is CN(C(=O)O)C1CCN(c2cccc3ccc(C=O)nc23)CC1. The second-order valence-corrected chi connectivity index (χ2v) is 5.81. The topological polar surface area (TPSA) is 73.7 Å². The highest BCUT2D eigenvalue weighted by Gasteiger charge is 2.26. The number of hydrogen-bond donors (Lipinski definition) is 1. The number of pyridine rings is 1. The molecular formula is C17H19N3O3. The lowest BCUT2D eigenvalue weighted by Crippen LogP contribution is -2.45. The number of nitrogens with zero attached hydrogens (tertiary/aromatic N) is 3. The third-order valence-corrected chi connectivity index (χ3v) is 4.50. The largest absolute Gasteiger partial charge is 0.465 e. The first kappa shape index (κ1) is 15.3. The Balaban J connectivity index is 1.84. The highest BCUT2D eigenvalue weighted by molar-refractivity contribution is 5.92. The number of carbonyl (C=O) groups is 2. The maximum atomic E-state index is 11.1. The molecule has 0 bridgehead atoms. The van der Waals surface area contributed by atoms with Crippen LogP contribution in [-0.2, 0) is 0 Å². The molecular weight excluding hydrogens is 294 g/mol. The van der Waals surface area contributed by atoms with Crippen molar-refractivity contribution in [3.63, 3.8) is 0 Å². The third kappa shape index (κ3) is 2.97. The van der Waals surface area contributed by atoms with E-state index in [4.69, 9.17) is 5.11 Å². The molecule has 1 aromatic heterocycles. The van der Waals surface area contributed by atoms with Gasteiger partial charge in [0.15, 0.2) is 6.29 Å². The Morgan fingerprint density at radius 1 is 1.30 bits per heavy atom. The second kappa shape index (κ2) is 6.24. The van der Waals surface area contributed by atoms with Gasteiger partial charge in [-0.15, -0.1) is 0 Å². The molecule has 6 nitrogen and oxygen atoms in total. The van der Waals surface area contributed by atoms with E-state index < -0.39 is 6.09 Å². The van der Waals surface area contributed by atoms with Crippen molar-refractivity contribution < 1.29 is 14.7 Å².